The molecule has 2 nitrogen and oxygen atoms in total. The van der Waals surface area contributed by atoms with Gasteiger partial charge in [-0.05, 0) is 59.4 Å². The molecule has 2 atom stereocenters. The van der Waals surface area contributed by atoms with E-state index in [1.807, 2.05) is 24.5 Å². The van der Waals surface area contributed by atoms with E-state index in [-0.39, 0.29) is 11.8 Å². The number of pyridine rings is 2. The van der Waals surface area contributed by atoms with Crippen LogP contribution in [0.15, 0.2) is 108 Å². The Balaban J connectivity index is 1.51. The Kier molecular flexibility index (Phi) is 4.77. The molecule has 32 heavy (non-hydrogen) atoms. The normalized spacial score (nSPS) is 16.0. The molecule has 0 N–H and O–H groups in total. The zero-order valence-corrected chi connectivity index (χ0v) is 17.9. The fraction of sp³-hybridized carbons (Fsp3) is 0.133. The second-order valence-corrected chi connectivity index (χ2v) is 8.66. The lowest BCUT2D eigenvalue weighted by Crippen LogP contribution is -2.17. The van der Waals surface area contributed by atoms with Crippen LogP contribution in [0.4, 0.5) is 0 Å². The Morgan fingerprint density at radius 2 is 0.938 bits per heavy atom. The summed E-state index contributed by atoms with van der Waals surface area (Å²) in [7, 11) is 0. The molecule has 2 heteroatoms. The Morgan fingerprint density at radius 3 is 1.34 bits per heavy atom. The number of fused-ring (bicyclic) bond motifs is 2. The van der Waals surface area contributed by atoms with Crippen molar-refractivity contribution >= 4 is 12.2 Å². The summed E-state index contributed by atoms with van der Waals surface area (Å²) in [4.78, 5) is 9.29. The van der Waals surface area contributed by atoms with Crippen molar-refractivity contribution in [3.63, 3.8) is 0 Å². The lowest BCUT2D eigenvalue weighted by Gasteiger charge is -2.31. The lowest BCUT2D eigenvalue weighted by molar-refractivity contribution is 0.655. The minimum atomic E-state index is 0.244. The van der Waals surface area contributed by atoms with Gasteiger partial charge in [-0.1, -0.05) is 83.9 Å². The van der Waals surface area contributed by atoms with Crippen LogP contribution in [-0.2, 0) is 12.8 Å². The largest absolute Gasteiger partial charge is 0.257 e. The molecule has 0 radical (unpaired) electrons. The number of hydrogen-bond acceptors (Lipinski definition) is 2. The van der Waals surface area contributed by atoms with Crippen molar-refractivity contribution in [2.45, 2.75) is 24.7 Å². The molecule has 154 valence electrons. The maximum absolute atomic E-state index is 4.65. The SMILES string of the molecule is C1=C(C(c2ccccc2)C(C2=Cc3ncccc3C2)c2ccccc2)Cc2cccnc21. The van der Waals surface area contributed by atoms with Crippen LogP contribution in [-0.4, -0.2) is 9.97 Å². The molecule has 2 aliphatic carbocycles. The first-order valence-corrected chi connectivity index (χ1v) is 11.3. The summed E-state index contributed by atoms with van der Waals surface area (Å²) >= 11 is 0. The van der Waals surface area contributed by atoms with Gasteiger partial charge in [-0.3, -0.25) is 9.97 Å². The average Bonchev–Trinajstić information content (AvgIpc) is 3.47. The quantitative estimate of drug-likeness (QED) is 0.368. The minimum absolute atomic E-state index is 0.244. The number of allylic oxidation sites excluding steroid dienone is 2. The molecule has 2 heterocycles. The summed E-state index contributed by atoms with van der Waals surface area (Å²) < 4.78 is 0. The molecule has 2 aromatic heterocycles. The van der Waals surface area contributed by atoms with E-state index in [0.717, 1.165) is 24.2 Å². The highest BCUT2D eigenvalue weighted by Gasteiger charge is 2.34. The lowest BCUT2D eigenvalue weighted by atomic mass is 9.72. The molecule has 0 aliphatic heterocycles. The van der Waals surface area contributed by atoms with E-state index in [1.165, 1.54) is 33.4 Å². The topological polar surface area (TPSA) is 25.8 Å². The third-order valence-electron chi connectivity index (χ3n) is 6.74. The van der Waals surface area contributed by atoms with Gasteiger partial charge in [-0.2, -0.15) is 0 Å². The predicted octanol–water partition coefficient (Wildman–Crippen LogP) is 6.62. The first kappa shape index (κ1) is 18.9. The van der Waals surface area contributed by atoms with E-state index in [4.69, 9.17) is 0 Å². The molecule has 0 spiro atoms. The molecule has 6 rings (SSSR count). The molecule has 4 aromatic rings. The Morgan fingerprint density at radius 1 is 0.500 bits per heavy atom. The molecular formula is C30H24N2. The molecule has 0 saturated carbocycles. The van der Waals surface area contributed by atoms with Gasteiger partial charge in [0, 0.05) is 24.2 Å². The fourth-order valence-electron chi connectivity index (χ4n) is 5.32. The van der Waals surface area contributed by atoms with Crippen LogP contribution in [0.3, 0.4) is 0 Å². The zero-order chi connectivity index (χ0) is 21.3. The van der Waals surface area contributed by atoms with Gasteiger partial charge < -0.3 is 0 Å². The molecule has 2 unspecified atom stereocenters. The highest BCUT2D eigenvalue weighted by molar-refractivity contribution is 5.67. The molecule has 0 fully saturated rings. The summed E-state index contributed by atoms with van der Waals surface area (Å²) in [6, 6.07) is 30.4. The van der Waals surface area contributed by atoms with Crippen LogP contribution in [0.1, 0.15) is 45.5 Å². The van der Waals surface area contributed by atoms with Gasteiger partial charge in [-0.25, -0.2) is 0 Å². The average molecular weight is 413 g/mol. The van der Waals surface area contributed by atoms with Gasteiger partial charge in [0.25, 0.3) is 0 Å². The van der Waals surface area contributed by atoms with Gasteiger partial charge >= 0.3 is 0 Å². The van der Waals surface area contributed by atoms with Crippen LogP contribution in [0.5, 0.6) is 0 Å². The molecule has 0 bridgehead atoms. The van der Waals surface area contributed by atoms with E-state index in [2.05, 4.69) is 94.9 Å². The number of benzene rings is 2. The van der Waals surface area contributed by atoms with E-state index < -0.39 is 0 Å². The third kappa shape index (κ3) is 3.38. The summed E-state index contributed by atoms with van der Waals surface area (Å²) in [5.74, 6) is 0.488. The van der Waals surface area contributed by atoms with E-state index >= 15 is 0 Å². The Labute approximate surface area is 189 Å². The monoisotopic (exact) mass is 412 g/mol. The van der Waals surface area contributed by atoms with Crippen molar-refractivity contribution in [1.29, 1.82) is 0 Å². The second-order valence-electron chi connectivity index (χ2n) is 8.66. The number of aromatic nitrogens is 2. The molecule has 2 aliphatic rings. The summed E-state index contributed by atoms with van der Waals surface area (Å²) in [5, 5.41) is 0. The van der Waals surface area contributed by atoms with Gasteiger partial charge in [0.1, 0.15) is 0 Å². The molecule has 2 aromatic carbocycles. The van der Waals surface area contributed by atoms with Crippen LogP contribution in [0, 0.1) is 0 Å². The number of rotatable bonds is 5. The van der Waals surface area contributed by atoms with Crippen molar-refractivity contribution in [3.05, 3.63) is 142 Å². The minimum Gasteiger partial charge on any atom is -0.257 e. The van der Waals surface area contributed by atoms with Crippen molar-refractivity contribution in [2.24, 2.45) is 0 Å². The molecular weight excluding hydrogens is 388 g/mol. The first-order chi connectivity index (χ1) is 15.9. The smallest absolute Gasteiger partial charge is 0.0664 e. The molecule has 0 amide bonds. The highest BCUT2D eigenvalue weighted by Crippen LogP contribution is 2.48. The van der Waals surface area contributed by atoms with Crippen LogP contribution in [0.2, 0.25) is 0 Å². The van der Waals surface area contributed by atoms with Gasteiger partial charge in [0.05, 0.1) is 11.4 Å². The van der Waals surface area contributed by atoms with Crippen molar-refractivity contribution < 1.29 is 0 Å². The summed E-state index contributed by atoms with van der Waals surface area (Å²) in [6.45, 7) is 0. The summed E-state index contributed by atoms with van der Waals surface area (Å²) in [5.41, 5.74) is 10.4. The van der Waals surface area contributed by atoms with E-state index in [1.54, 1.807) is 0 Å². The van der Waals surface area contributed by atoms with Gasteiger partial charge in [0.2, 0.25) is 0 Å². The highest BCUT2D eigenvalue weighted by atomic mass is 14.7. The fourth-order valence-corrected chi connectivity index (χ4v) is 5.32. The maximum Gasteiger partial charge on any atom is 0.0664 e. The van der Waals surface area contributed by atoms with Gasteiger partial charge in [-0.15, -0.1) is 0 Å². The van der Waals surface area contributed by atoms with Crippen LogP contribution in [0.25, 0.3) is 12.2 Å². The van der Waals surface area contributed by atoms with E-state index in [9.17, 15) is 0 Å². The second kappa shape index (κ2) is 8.05. The zero-order valence-electron chi connectivity index (χ0n) is 17.9. The Bertz CT molecular complexity index is 1210. The van der Waals surface area contributed by atoms with Gasteiger partial charge in [0.15, 0.2) is 0 Å². The van der Waals surface area contributed by atoms with Crippen molar-refractivity contribution in [3.8, 4) is 0 Å². The van der Waals surface area contributed by atoms with Crippen molar-refractivity contribution in [1.82, 2.24) is 9.97 Å². The summed E-state index contributed by atoms with van der Waals surface area (Å²) in [6.07, 6.45) is 10.3. The maximum atomic E-state index is 4.65. The third-order valence-corrected chi connectivity index (χ3v) is 6.74. The van der Waals surface area contributed by atoms with Crippen LogP contribution >= 0.6 is 0 Å². The van der Waals surface area contributed by atoms with E-state index in [0.29, 0.717) is 0 Å². The van der Waals surface area contributed by atoms with Crippen molar-refractivity contribution in [2.75, 3.05) is 0 Å². The number of nitrogens with zero attached hydrogens (tertiary/aromatic N) is 2. The Hall–Kier alpha value is -3.78. The number of hydrogen-bond donors (Lipinski definition) is 0. The molecule has 0 saturated heterocycles. The predicted molar refractivity (Wildman–Crippen MR) is 130 cm³/mol. The van der Waals surface area contributed by atoms with Crippen LogP contribution < -0.4 is 0 Å². The first-order valence-electron chi connectivity index (χ1n) is 11.3. The standard InChI is InChI=1S/C30H24N2/c1-3-9-21(10-4-1)29(25-17-23-13-7-15-31-27(23)19-25)30(22-11-5-2-6-12-22)26-18-24-14-8-16-32-28(24)20-26/h1-16,19-20,29-30H,17-18H2.